The van der Waals surface area contributed by atoms with Crippen LogP contribution in [0.3, 0.4) is 0 Å². The van der Waals surface area contributed by atoms with Gasteiger partial charge in [0.05, 0.1) is 11.4 Å². The molecule has 0 saturated carbocycles. The summed E-state index contributed by atoms with van der Waals surface area (Å²) in [5, 5.41) is 7.66. The van der Waals surface area contributed by atoms with Crippen LogP contribution < -0.4 is 52.1 Å². The highest BCUT2D eigenvalue weighted by Crippen LogP contribution is 2.53. The number of hydrogen-bond acceptors (Lipinski definition) is 4. The second kappa shape index (κ2) is 17.5. The number of benzene rings is 14. The fourth-order valence-electron chi connectivity index (χ4n) is 14.6. The Hall–Kier alpha value is -10.6. The highest BCUT2D eigenvalue weighted by atomic mass is 16.5. The molecule has 0 amide bonds. The van der Waals surface area contributed by atoms with E-state index in [0.717, 1.165) is 57.1 Å². The molecule has 0 saturated heterocycles. The van der Waals surface area contributed by atoms with Gasteiger partial charge in [0, 0.05) is 34.9 Å². The molecule has 4 aliphatic heterocycles. The number of hydrogen-bond donors (Lipinski definition) is 0. The molecular formula is C76H46B2N2O2. The van der Waals surface area contributed by atoms with E-state index in [1.165, 1.54) is 110 Å². The van der Waals surface area contributed by atoms with Crippen molar-refractivity contribution in [3.63, 3.8) is 0 Å². The summed E-state index contributed by atoms with van der Waals surface area (Å²) in [5.41, 5.74) is 23.2. The lowest BCUT2D eigenvalue weighted by Gasteiger charge is -2.38. The van der Waals surface area contributed by atoms with E-state index < -0.39 is 0 Å². The third-order valence-corrected chi connectivity index (χ3v) is 17.8. The maximum Gasteiger partial charge on any atom is 0.252 e. The van der Waals surface area contributed by atoms with Gasteiger partial charge in [-0.15, -0.1) is 0 Å². The lowest BCUT2D eigenvalue weighted by molar-refractivity contribution is 0.487. The molecule has 0 unspecified atom stereocenters. The van der Waals surface area contributed by atoms with Crippen molar-refractivity contribution in [2.24, 2.45) is 0 Å². The number of fused-ring (bicyclic) bond motifs is 8. The summed E-state index contributed by atoms with van der Waals surface area (Å²) in [6, 6.07) is 102. The molecule has 0 aromatic heterocycles. The highest BCUT2D eigenvalue weighted by molar-refractivity contribution is 7.01. The number of anilines is 6. The van der Waals surface area contributed by atoms with Crippen LogP contribution in [0.4, 0.5) is 34.1 Å². The molecule has 18 rings (SSSR count). The molecule has 0 radical (unpaired) electrons. The Morgan fingerprint density at radius 1 is 0.232 bits per heavy atom. The number of para-hydroxylation sites is 6. The Kier molecular flexibility index (Phi) is 9.66. The first kappa shape index (κ1) is 45.3. The van der Waals surface area contributed by atoms with Crippen LogP contribution in [0.1, 0.15) is 0 Å². The summed E-state index contributed by atoms with van der Waals surface area (Å²) in [7, 11) is 0. The van der Waals surface area contributed by atoms with E-state index >= 15 is 0 Å². The average molecular weight is 1040 g/mol. The van der Waals surface area contributed by atoms with Gasteiger partial charge in [-0.1, -0.05) is 193 Å². The van der Waals surface area contributed by atoms with Gasteiger partial charge >= 0.3 is 0 Å². The molecule has 82 heavy (non-hydrogen) atoms. The van der Waals surface area contributed by atoms with E-state index in [2.05, 4.69) is 289 Å². The second-order valence-corrected chi connectivity index (χ2v) is 22.2. The van der Waals surface area contributed by atoms with E-state index in [1.807, 2.05) is 0 Å². The molecule has 0 bridgehead atoms. The van der Waals surface area contributed by atoms with Crippen LogP contribution in [0.2, 0.25) is 0 Å². The zero-order valence-corrected chi connectivity index (χ0v) is 44.4. The van der Waals surface area contributed by atoms with Crippen LogP contribution in [-0.4, -0.2) is 13.4 Å². The van der Waals surface area contributed by atoms with Crippen LogP contribution in [0.5, 0.6) is 23.0 Å². The summed E-state index contributed by atoms with van der Waals surface area (Å²) in [6.07, 6.45) is 0. The standard InChI is InChI=1S/C76H46B2N2O2/c1-7-23-47(24-8-1)55-43-57-61-39-53(79(49-27-11-3-12-28-49)50-29-13-4-14-30-50)41-69-75(61)78(64-36-20-22-38-68(64)81-69)66-46-60-56(48-25-9-2-10-26-48)44-58-62-40-54(80(51-31-15-5-16-32-51)52-33-17-6-18-34-52)42-70-76(62)77(63-35-19-21-37-67(63)82-70)65-45-59(55)73(71(57)66)74(60)72(58)65/h1-46H. The topological polar surface area (TPSA) is 24.9 Å². The Labute approximate surface area is 475 Å². The summed E-state index contributed by atoms with van der Waals surface area (Å²) in [6.45, 7) is -0.225. The molecule has 0 atom stereocenters. The Morgan fingerprint density at radius 3 is 0.927 bits per heavy atom. The summed E-state index contributed by atoms with van der Waals surface area (Å²) in [4.78, 5) is 4.75. The molecular weight excluding hydrogens is 994 g/mol. The first-order valence-electron chi connectivity index (χ1n) is 28.4. The van der Waals surface area contributed by atoms with Gasteiger partial charge in [0.1, 0.15) is 23.0 Å². The van der Waals surface area contributed by atoms with Crippen molar-refractivity contribution in [1.82, 2.24) is 0 Å². The molecule has 378 valence electrons. The molecule has 6 heteroatoms. The van der Waals surface area contributed by atoms with Crippen LogP contribution in [-0.2, 0) is 0 Å². The van der Waals surface area contributed by atoms with Crippen molar-refractivity contribution < 1.29 is 9.47 Å². The van der Waals surface area contributed by atoms with Gasteiger partial charge in [0.2, 0.25) is 0 Å². The lowest BCUT2D eigenvalue weighted by Crippen LogP contribution is -2.58. The van der Waals surface area contributed by atoms with Crippen molar-refractivity contribution in [2.45, 2.75) is 0 Å². The third-order valence-electron chi connectivity index (χ3n) is 17.8. The first-order chi connectivity index (χ1) is 40.7. The maximum atomic E-state index is 7.23. The molecule has 4 nitrogen and oxygen atoms in total. The quantitative estimate of drug-likeness (QED) is 0.112. The van der Waals surface area contributed by atoms with Crippen LogP contribution in [0.15, 0.2) is 279 Å². The molecule has 14 aromatic rings. The predicted octanol–water partition coefficient (Wildman–Crippen LogP) is 16.1. The largest absolute Gasteiger partial charge is 0.458 e. The van der Waals surface area contributed by atoms with Crippen LogP contribution in [0, 0.1) is 0 Å². The molecule has 4 aliphatic rings. The van der Waals surface area contributed by atoms with Crippen molar-refractivity contribution >= 4 is 113 Å². The minimum atomic E-state index is -0.113. The van der Waals surface area contributed by atoms with Crippen molar-refractivity contribution in [1.29, 1.82) is 0 Å². The van der Waals surface area contributed by atoms with Crippen molar-refractivity contribution in [2.75, 3.05) is 9.80 Å². The fourth-order valence-corrected chi connectivity index (χ4v) is 14.6. The van der Waals surface area contributed by atoms with E-state index in [-0.39, 0.29) is 13.4 Å². The summed E-state index contributed by atoms with van der Waals surface area (Å²) < 4.78 is 14.5. The van der Waals surface area contributed by atoms with Crippen LogP contribution in [0.25, 0.3) is 76.8 Å². The molecule has 0 fully saturated rings. The Morgan fingerprint density at radius 2 is 0.561 bits per heavy atom. The van der Waals surface area contributed by atoms with E-state index in [0.29, 0.717) is 0 Å². The number of nitrogens with zero attached hydrogens (tertiary/aromatic N) is 2. The van der Waals surface area contributed by atoms with Gasteiger partial charge < -0.3 is 19.3 Å². The molecule has 0 N–H and O–H groups in total. The normalized spacial score (nSPS) is 12.8. The minimum absolute atomic E-state index is 0.113. The number of rotatable bonds is 8. The van der Waals surface area contributed by atoms with Gasteiger partial charge in [0.25, 0.3) is 13.4 Å². The van der Waals surface area contributed by atoms with Gasteiger partial charge in [-0.05, 0) is 184 Å². The third kappa shape index (κ3) is 6.52. The van der Waals surface area contributed by atoms with E-state index in [9.17, 15) is 0 Å². The van der Waals surface area contributed by atoms with Gasteiger partial charge in [-0.2, -0.15) is 0 Å². The Bertz CT molecular complexity index is 4530. The van der Waals surface area contributed by atoms with Gasteiger partial charge in [-0.3, -0.25) is 0 Å². The molecule has 0 aliphatic carbocycles. The van der Waals surface area contributed by atoms with Crippen LogP contribution >= 0.6 is 0 Å². The number of ether oxygens (including phenoxy) is 2. The van der Waals surface area contributed by atoms with Crippen molar-refractivity contribution in [3.8, 4) is 67.5 Å². The fraction of sp³-hybridized carbons (Fsp3) is 0. The predicted molar refractivity (Wildman–Crippen MR) is 344 cm³/mol. The summed E-state index contributed by atoms with van der Waals surface area (Å²) in [5.74, 6) is 3.52. The summed E-state index contributed by atoms with van der Waals surface area (Å²) >= 11 is 0. The minimum Gasteiger partial charge on any atom is -0.458 e. The second-order valence-electron chi connectivity index (χ2n) is 22.2. The zero-order valence-electron chi connectivity index (χ0n) is 44.4. The molecule has 14 aromatic carbocycles. The first-order valence-corrected chi connectivity index (χ1v) is 28.4. The van der Waals surface area contributed by atoms with E-state index in [4.69, 9.17) is 9.47 Å². The Balaban J connectivity index is 1.02. The SMILES string of the molecule is c1ccc(-c2cc3c4c(cc5c(-c6ccccc6)cc6c7c(cc2c4c57)B2c4ccccc4Oc4cc(N(c5ccccc5)c5ccccc5)cc-6c42)B2c4ccccc4Oc4cc(N(c5ccccc5)c5ccccc5)cc-3c42)cc1. The maximum absolute atomic E-state index is 7.23. The smallest absolute Gasteiger partial charge is 0.252 e. The van der Waals surface area contributed by atoms with Gasteiger partial charge in [0.15, 0.2) is 0 Å². The lowest BCUT2D eigenvalue weighted by atomic mass is 9.32. The van der Waals surface area contributed by atoms with Gasteiger partial charge in [-0.25, -0.2) is 0 Å². The highest BCUT2D eigenvalue weighted by Gasteiger charge is 2.45. The molecule has 4 heterocycles. The molecule has 0 spiro atoms. The monoisotopic (exact) mass is 1040 g/mol. The van der Waals surface area contributed by atoms with E-state index in [1.54, 1.807) is 0 Å². The zero-order chi connectivity index (χ0) is 53.6. The average Bonchev–Trinajstić information content (AvgIpc) is 0.815. The van der Waals surface area contributed by atoms with Crippen molar-refractivity contribution in [3.05, 3.63) is 279 Å².